The summed E-state index contributed by atoms with van der Waals surface area (Å²) in [6, 6.07) is 0. The fraction of sp³-hybridized carbons (Fsp3) is 0.656. The van der Waals surface area contributed by atoms with Crippen LogP contribution in [-0.4, -0.2) is 37.2 Å². The first-order valence-electron chi connectivity index (χ1n) is 27.4. The summed E-state index contributed by atoms with van der Waals surface area (Å²) in [6.07, 6.45) is 73.6. The van der Waals surface area contributed by atoms with E-state index in [9.17, 15) is 14.4 Å². The molecule has 0 saturated heterocycles. The Bertz CT molecular complexity index is 1390. The van der Waals surface area contributed by atoms with Crippen LogP contribution in [-0.2, 0) is 28.6 Å². The Morgan fingerprint density at radius 2 is 0.552 bits per heavy atom. The highest BCUT2D eigenvalue weighted by molar-refractivity contribution is 5.71. The number of ether oxygens (including phenoxy) is 3. The third-order valence-corrected chi connectivity index (χ3v) is 11.2. The SMILES string of the molecule is CCCC/C=C\CCCCCCCC(=O)OC[C@@H](COC(=O)CCCCC/C=C\C/C=C\C/C=C\C/C=C\CCCCC)OC(=O)CCCCC/C=C\C/C=C\C/C=C\C/C=C\CCCCC. The van der Waals surface area contributed by atoms with Crippen LogP contribution in [0, 0.1) is 0 Å². The fourth-order valence-electron chi connectivity index (χ4n) is 7.04. The molecule has 0 aromatic heterocycles. The predicted octanol–water partition coefficient (Wildman–Crippen LogP) is 18.3. The Hall–Kier alpha value is -3.93. The van der Waals surface area contributed by atoms with Crippen LogP contribution >= 0.6 is 0 Å². The van der Waals surface area contributed by atoms with E-state index < -0.39 is 6.10 Å². The van der Waals surface area contributed by atoms with Crippen molar-refractivity contribution in [1.82, 2.24) is 0 Å². The molecule has 67 heavy (non-hydrogen) atoms. The lowest BCUT2D eigenvalue weighted by molar-refractivity contribution is -0.167. The molecule has 0 aliphatic rings. The van der Waals surface area contributed by atoms with Gasteiger partial charge < -0.3 is 14.2 Å². The van der Waals surface area contributed by atoms with Crippen LogP contribution in [0.15, 0.2) is 109 Å². The quantitative estimate of drug-likeness (QED) is 0.0262. The first-order valence-corrected chi connectivity index (χ1v) is 27.4. The van der Waals surface area contributed by atoms with Gasteiger partial charge in [0.1, 0.15) is 13.2 Å². The smallest absolute Gasteiger partial charge is 0.306 e. The third-order valence-electron chi connectivity index (χ3n) is 11.2. The molecule has 0 amide bonds. The number of esters is 3. The molecular formula is C61H100O6. The van der Waals surface area contributed by atoms with Gasteiger partial charge in [-0.15, -0.1) is 0 Å². The molecule has 6 heteroatoms. The number of hydrogen-bond acceptors (Lipinski definition) is 6. The molecule has 0 fully saturated rings. The number of allylic oxidation sites excluding steroid dienone is 18. The van der Waals surface area contributed by atoms with Crippen molar-refractivity contribution in [1.29, 1.82) is 0 Å². The molecule has 0 bridgehead atoms. The summed E-state index contributed by atoms with van der Waals surface area (Å²) in [6.45, 7) is 6.47. The summed E-state index contributed by atoms with van der Waals surface area (Å²) >= 11 is 0. The maximum Gasteiger partial charge on any atom is 0.306 e. The highest BCUT2D eigenvalue weighted by Crippen LogP contribution is 2.12. The van der Waals surface area contributed by atoms with E-state index in [0.29, 0.717) is 12.8 Å². The Morgan fingerprint density at radius 1 is 0.299 bits per heavy atom. The standard InChI is InChI=1S/C61H100O6/c1-4-7-10-13-16-19-22-24-26-28-30-32-34-36-39-42-45-48-51-54-60(63)66-57-58(56-65-59(62)53-50-47-44-41-38-21-18-15-12-9-6-3)67-61(64)55-52-49-46-43-40-37-35-33-31-29-27-25-23-20-17-14-11-8-5-2/h15-20,24-27,30-33,36-37,39-40,58H,4-14,21-23,28-29,34-35,38,41-57H2,1-3H3/b18-15-,19-16-,20-17-,26-24-,27-25-,32-30-,33-31-,39-36-,40-37-/t58-/m0/s1. The van der Waals surface area contributed by atoms with Gasteiger partial charge in [0.2, 0.25) is 0 Å². The van der Waals surface area contributed by atoms with Crippen LogP contribution in [0.4, 0.5) is 0 Å². The monoisotopic (exact) mass is 929 g/mol. The second-order valence-corrected chi connectivity index (χ2v) is 17.8. The van der Waals surface area contributed by atoms with Crippen molar-refractivity contribution >= 4 is 17.9 Å². The van der Waals surface area contributed by atoms with E-state index in [2.05, 4.69) is 130 Å². The molecule has 0 heterocycles. The third kappa shape index (κ3) is 52.9. The zero-order valence-electron chi connectivity index (χ0n) is 43.4. The molecule has 0 aromatic rings. The maximum atomic E-state index is 12.8. The molecule has 380 valence electrons. The van der Waals surface area contributed by atoms with Gasteiger partial charge in [-0.3, -0.25) is 14.4 Å². The lowest BCUT2D eigenvalue weighted by Gasteiger charge is -2.18. The molecular weight excluding hydrogens is 829 g/mol. The van der Waals surface area contributed by atoms with E-state index in [1.165, 1.54) is 77.0 Å². The summed E-state index contributed by atoms with van der Waals surface area (Å²) in [7, 11) is 0. The minimum atomic E-state index is -0.813. The van der Waals surface area contributed by atoms with Gasteiger partial charge in [0, 0.05) is 19.3 Å². The Kier molecular flexibility index (Phi) is 51.5. The second-order valence-electron chi connectivity index (χ2n) is 17.8. The molecule has 0 rings (SSSR count). The molecule has 0 radical (unpaired) electrons. The van der Waals surface area contributed by atoms with Crippen LogP contribution in [0.25, 0.3) is 0 Å². The average Bonchev–Trinajstić information content (AvgIpc) is 3.33. The Balaban J connectivity index is 4.50. The zero-order chi connectivity index (χ0) is 48.6. The first-order chi connectivity index (χ1) is 33.0. The predicted molar refractivity (Wildman–Crippen MR) is 288 cm³/mol. The minimum Gasteiger partial charge on any atom is -0.462 e. The molecule has 0 spiro atoms. The van der Waals surface area contributed by atoms with Gasteiger partial charge in [-0.1, -0.05) is 201 Å². The van der Waals surface area contributed by atoms with Crippen molar-refractivity contribution in [3.63, 3.8) is 0 Å². The van der Waals surface area contributed by atoms with Gasteiger partial charge in [0.25, 0.3) is 0 Å². The van der Waals surface area contributed by atoms with Crippen LogP contribution in [0.5, 0.6) is 0 Å². The van der Waals surface area contributed by atoms with Crippen molar-refractivity contribution in [3.05, 3.63) is 109 Å². The fourth-order valence-corrected chi connectivity index (χ4v) is 7.04. The molecule has 0 unspecified atom stereocenters. The van der Waals surface area contributed by atoms with Crippen molar-refractivity contribution in [2.75, 3.05) is 13.2 Å². The Labute approximate surface area is 412 Å². The van der Waals surface area contributed by atoms with Crippen LogP contribution < -0.4 is 0 Å². The molecule has 0 aliphatic carbocycles. The van der Waals surface area contributed by atoms with Crippen LogP contribution in [0.1, 0.15) is 239 Å². The van der Waals surface area contributed by atoms with Gasteiger partial charge in [-0.05, 0) is 128 Å². The van der Waals surface area contributed by atoms with E-state index in [1.54, 1.807) is 0 Å². The van der Waals surface area contributed by atoms with E-state index in [1.807, 2.05) is 0 Å². The van der Waals surface area contributed by atoms with Gasteiger partial charge in [0.15, 0.2) is 6.10 Å². The number of carbonyl (C=O) groups is 3. The summed E-state index contributed by atoms with van der Waals surface area (Å²) in [5.74, 6) is -0.984. The summed E-state index contributed by atoms with van der Waals surface area (Å²) in [5, 5.41) is 0. The maximum absolute atomic E-state index is 12.8. The van der Waals surface area contributed by atoms with Crippen molar-refractivity contribution in [2.45, 2.75) is 245 Å². The topological polar surface area (TPSA) is 78.9 Å². The van der Waals surface area contributed by atoms with Gasteiger partial charge in [-0.25, -0.2) is 0 Å². The van der Waals surface area contributed by atoms with Gasteiger partial charge in [0.05, 0.1) is 0 Å². The van der Waals surface area contributed by atoms with Crippen LogP contribution in [0.3, 0.4) is 0 Å². The van der Waals surface area contributed by atoms with Gasteiger partial charge >= 0.3 is 17.9 Å². The van der Waals surface area contributed by atoms with Crippen LogP contribution in [0.2, 0.25) is 0 Å². The lowest BCUT2D eigenvalue weighted by atomic mass is 10.1. The highest BCUT2D eigenvalue weighted by atomic mass is 16.6. The Morgan fingerprint density at radius 3 is 0.910 bits per heavy atom. The molecule has 0 aliphatic heterocycles. The van der Waals surface area contributed by atoms with Crippen molar-refractivity contribution in [2.24, 2.45) is 0 Å². The van der Waals surface area contributed by atoms with E-state index in [0.717, 1.165) is 122 Å². The average molecular weight is 929 g/mol. The lowest BCUT2D eigenvalue weighted by Crippen LogP contribution is -2.30. The number of unbranched alkanes of at least 4 members (excludes halogenated alkanes) is 19. The number of rotatable bonds is 48. The van der Waals surface area contributed by atoms with Crippen molar-refractivity contribution in [3.8, 4) is 0 Å². The second kappa shape index (κ2) is 54.7. The molecule has 0 saturated carbocycles. The van der Waals surface area contributed by atoms with E-state index in [-0.39, 0.29) is 37.5 Å². The minimum absolute atomic E-state index is 0.108. The summed E-state index contributed by atoms with van der Waals surface area (Å²) in [5.41, 5.74) is 0. The first kappa shape index (κ1) is 63.1. The zero-order valence-corrected chi connectivity index (χ0v) is 43.4. The van der Waals surface area contributed by atoms with Crippen molar-refractivity contribution < 1.29 is 28.6 Å². The summed E-state index contributed by atoms with van der Waals surface area (Å²) in [4.78, 5) is 38.0. The molecule has 6 nitrogen and oxygen atoms in total. The number of carbonyl (C=O) groups excluding carboxylic acids is 3. The summed E-state index contributed by atoms with van der Waals surface area (Å²) < 4.78 is 16.8. The van der Waals surface area contributed by atoms with Gasteiger partial charge in [-0.2, -0.15) is 0 Å². The molecule has 1 atom stereocenters. The largest absolute Gasteiger partial charge is 0.462 e. The van der Waals surface area contributed by atoms with E-state index in [4.69, 9.17) is 14.2 Å². The highest BCUT2D eigenvalue weighted by Gasteiger charge is 2.19. The molecule has 0 N–H and O–H groups in total. The normalized spacial score (nSPS) is 12.9. The van der Waals surface area contributed by atoms with E-state index >= 15 is 0 Å². The molecule has 0 aromatic carbocycles. The number of hydrogen-bond donors (Lipinski definition) is 0.